The van der Waals surface area contributed by atoms with Gasteiger partial charge >= 0.3 is 0 Å². The number of aliphatic hydroxyl groups is 1. The van der Waals surface area contributed by atoms with Gasteiger partial charge in [-0.05, 0) is 19.4 Å². The van der Waals surface area contributed by atoms with Gasteiger partial charge in [0.1, 0.15) is 12.2 Å². The van der Waals surface area contributed by atoms with Crippen LogP contribution in [0, 0.1) is 0 Å². The van der Waals surface area contributed by atoms with Crippen LogP contribution in [0.3, 0.4) is 0 Å². The highest BCUT2D eigenvalue weighted by Crippen LogP contribution is 2.36. The summed E-state index contributed by atoms with van der Waals surface area (Å²) >= 11 is 0. The maximum absolute atomic E-state index is 12.8. The van der Waals surface area contributed by atoms with Gasteiger partial charge in [0.05, 0.1) is 0 Å². The van der Waals surface area contributed by atoms with Crippen molar-refractivity contribution in [1.29, 1.82) is 0 Å². The standard InChI is InChI=1S/C19H20O4/c1-19(2)22-17(15(20)13-9-5-3-6-10-13)18(23-19)16(21)14-11-7-4-8-12-14/h3-12,15,17-18,20H,1-2H3/t15-,17+,18+/m1/s1. The maximum atomic E-state index is 12.8. The van der Waals surface area contributed by atoms with Crippen molar-refractivity contribution in [2.45, 2.75) is 37.9 Å². The van der Waals surface area contributed by atoms with E-state index in [2.05, 4.69) is 0 Å². The van der Waals surface area contributed by atoms with Gasteiger partial charge < -0.3 is 14.6 Å². The largest absolute Gasteiger partial charge is 0.386 e. The molecule has 120 valence electrons. The lowest BCUT2D eigenvalue weighted by Gasteiger charge is -2.22. The average molecular weight is 312 g/mol. The normalized spacial score (nSPS) is 24.3. The number of ketones is 1. The molecular formula is C19H20O4. The molecule has 1 heterocycles. The summed E-state index contributed by atoms with van der Waals surface area (Å²) in [6.45, 7) is 3.49. The van der Waals surface area contributed by atoms with Crippen molar-refractivity contribution >= 4 is 5.78 Å². The zero-order chi connectivity index (χ0) is 16.4. The third-order valence-electron chi connectivity index (χ3n) is 3.90. The lowest BCUT2D eigenvalue weighted by molar-refractivity contribution is -0.153. The third kappa shape index (κ3) is 3.34. The first-order valence-electron chi connectivity index (χ1n) is 7.66. The third-order valence-corrected chi connectivity index (χ3v) is 3.90. The SMILES string of the molecule is CC1(C)O[C@@H]([C@H](O)c2ccccc2)[C@H](C(=O)c2ccccc2)O1. The molecule has 0 saturated carbocycles. The van der Waals surface area contributed by atoms with Crippen LogP contribution in [-0.2, 0) is 9.47 Å². The number of carbonyl (C=O) groups excluding carboxylic acids is 1. The van der Waals surface area contributed by atoms with Crippen LogP contribution in [-0.4, -0.2) is 28.9 Å². The summed E-state index contributed by atoms with van der Waals surface area (Å²) < 4.78 is 11.6. The fourth-order valence-electron chi connectivity index (χ4n) is 2.83. The number of Topliss-reactive ketones (excluding diaryl/α,β-unsaturated/α-hetero) is 1. The molecule has 0 aliphatic carbocycles. The van der Waals surface area contributed by atoms with Crippen molar-refractivity contribution < 1.29 is 19.4 Å². The highest BCUT2D eigenvalue weighted by atomic mass is 16.8. The highest BCUT2D eigenvalue weighted by Gasteiger charge is 2.48. The molecule has 3 rings (SSSR count). The van der Waals surface area contributed by atoms with Crippen LogP contribution in [0.4, 0.5) is 0 Å². The molecule has 0 amide bonds. The van der Waals surface area contributed by atoms with E-state index in [-0.39, 0.29) is 5.78 Å². The van der Waals surface area contributed by atoms with Gasteiger partial charge in [-0.3, -0.25) is 4.79 Å². The Morgan fingerprint density at radius 2 is 1.57 bits per heavy atom. The van der Waals surface area contributed by atoms with Gasteiger partial charge in [0.25, 0.3) is 0 Å². The zero-order valence-corrected chi connectivity index (χ0v) is 13.2. The lowest BCUT2D eigenvalue weighted by Crippen LogP contribution is -2.36. The van der Waals surface area contributed by atoms with Crippen LogP contribution in [0.5, 0.6) is 0 Å². The van der Waals surface area contributed by atoms with Gasteiger partial charge in [-0.2, -0.15) is 0 Å². The molecule has 4 nitrogen and oxygen atoms in total. The molecule has 2 aromatic carbocycles. The van der Waals surface area contributed by atoms with Crippen LogP contribution < -0.4 is 0 Å². The molecule has 0 aromatic heterocycles. The van der Waals surface area contributed by atoms with Crippen molar-refractivity contribution in [3.63, 3.8) is 0 Å². The summed E-state index contributed by atoms with van der Waals surface area (Å²) in [6, 6.07) is 18.1. The minimum Gasteiger partial charge on any atom is -0.386 e. The first-order valence-corrected chi connectivity index (χ1v) is 7.66. The first-order chi connectivity index (χ1) is 11.0. The number of aliphatic hydroxyl groups excluding tert-OH is 1. The lowest BCUT2D eigenvalue weighted by atomic mass is 9.95. The Kier molecular flexibility index (Phi) is 4.31. The van der Waals surface area contributed by atoms with Crippen molar-refractivity contribution in [2.24, 2.45) is 0 Å². The van der Waals surface area contributed by atoms with Gasteiger partial charge in [-0.25, -0.2) is 0 Å². The van der Waals surface area contributed by atoms with E-state index in [4.69, 9.17) is 9.47 Å². The summed E-state index contributed by atoms with van der Waals surface area (Å²) in [7, 11) is 0. The molecule has 1 saturated heterocycles. The van der Waals surface area contributed by atoms with Gasteiger partial charge in [-0.15, -0.1) is 0 Å². The number of ether oxygens (including phenoxy) is 2. The Morgan fingerprint density at radius 3 is 2.17 bits per heavy atom. The van der Waals surface area contributed by atoms with E-state index in [1.165, 1.54) is 0 Å². The van der Waals surface area contributed by atoms with Gasteiger partial charge in [0.15, 0.2) is 17.7 Å². The molecule has 0 bridgehead atoms. The number of benzene rings is 2. The zero-order valence-electron chi connectivity index (χ0n) is 13.2. The second-order valence-corrected chi connectivity index (χ2v) is 6.11. The molecule has 23 heavy (non-hydrogen) atoms. The van der Waals surface area contributed by atoms with Gasteiger partial charge in [0, 0.05) is 5.56 Å². The average Bonchev–Trinajstić information content (AvgIpc) is 2.91. The van der Waals surface area contributed by atoms with E-state index in [1.807, 2.05) is 36.4 Å². The van der Waals surface area contributed by atoms with Crippen LogP contribution in [0.25, 0.3) is 0 Å². The molecule has 1 fully saturated rings. The van der Waals surface area contributed by atoms with Crippen molar-refractivity contribution in [3.05, 3.63) is 71.8 Å². The van der Waals surface area contributed by atoms with E-state index in [0.717, 1.165) is 0 Å². The Labute approximate surface area is 135 Å². The molecule has 0 radical (unpaired) electrons. The van der Waals surface area contributed by atoms with Crippen LogP contribution in [0.2, 0.25) is 0 Å². The monoisotopic (exact) mass is 312 g/mol. The van der Waals surface area contributed by atoms with Crippen LogP contribution in [0.15, 0.2) is 60.7 Å². The van der Waals surface area contributed by atoms with Crippen molar-refractivity contribution in [3.8, 4) is 0 Å². The van der Waals surface area contributed by atoms with Crippen LogP contribution >= 0.6 is 0 Å². The summed E-state index contributed by atoms with van der Waals surface area (Å²) in [5.74, 6) is -1.11. The fourth-order valence-corrected chi connectivity index (χ4v) is 2.83. The highest BCUT2D eigenvalue weighted by molar-refractivity contribution is 6.00. The number of rotatable bonds is 4. The van der Waals surface area contributed by atoms with Gasteiger partial charge in [0.2, 0.25) is 0 Å². The maximum Gasteiger partial charge on any atom is 0.194 e. The van der Waals surface area contributed by atoms with E-state index in [0.29, 0.717) is 11.1 Å². The van der Waals surface area contributed by atoms with E-state index in [9.17, 15) is 9.90 Å². The van der Waals surface area contributed by atoms with E-state index < -0.39 is 24.1 Å². The fraction of sp³-hybridized carbons (Fsp3) is 0.316. The Balaban J connectivity index is 1.89. The predicted octanol–water partition coefficient (Wildman–Crippen LogP) is 3.12. The summed E-state index contributed by atoms with van der Waals surface area (Å²) in [5.41, 5.74) is 1.24. The van der Waals surface area contributed by atoms with E-state index in [1.54, 1.807) is 38.1 Å². The van der Waals surface area contributed by atoms with E-state index >= 15 is 0 Å². The first kappa shape index (κ1) is 15.9. The van der Waals surface area contributed by atoms with Crippen molar-refractivity contribution in [2.75, 3.05) is 0 Å². The van der Waals surface area contributed by atoms with Crippen molar-refractivity contribution in [1.82, 2.24) is 0 Å². The van der Waals surface area contributed by atoms with Gasteiger partial charge in [-0.1, -0.05) is 60.7 Å². The summed E-state index contributed by atoms with van der Waals surface area (Å²) in [6.07, 6.45) is -2.53. The molecule has 3 atom stereocenters. The Hall–Kier alpha value is -2.01. The predicted molar refractivity (Wildman–Crippen MR) is 86.0 cm³/mol. The Morgan fingerprint density at radius 1 is 1.00 bits per heavy atom. The summed E-state index contributed by atoms with van der Waals surface area (Å²) in [5, 5.41) is 10.7. The molecule has 1 aliphatic rings. The summed E-state index contributed by atoms with van der Waals surface area (Å²) in [4.78, 5) is 12.8. The minimum absolute atomic E-state index is 0.184. The second kappa shape index (κ2) is 6.24. The smallest absolute Gasteiger partial charge is 0.194 e. The number of hydrogen-bond acceptors (Lipinski definition) is 4. The molecule has 0 unspecified atom stereocenters. The Bertz CT molecular complexity index is 666. The second-order valence-electron chi connectivity index (χ2n) is 6.11. The number of carbonyl (C=O) groups is 1. The molecule has 1 N–H and O–H groups in total. The molecular weight excluding hydrogens is 292 g/mol. The quantitative estimate of drug-likeness (QED) is 0.881. The molecule has 0 spiro atoms. The number of hydrogen-bond donors (Lipinski definition) is 1. The topological polar surface area (TPSA) is 55.8 Å². The van der Waals surface area contributed by atoms with Crippen LogP contribution in [0.1, 0.15) is 35.9 Å². The molecule has 4 heteroatoms. The minimum atomic E-state index is -0.935. The molecule has 2 aromatic rings. The molecule has 1 aliphatic heterocycles.